The fourth-order valence-corrected chi connectivity index (χ4v) is 3.53. The first kappa shape index (κ1) is 17.3. The number of nitrogens with zero attached hydrogens (tertiary/aromatic N) is 3. The molecule has 1 aliphatic rings. The third-order valence-corrected chi connectivity index (χ3v) is 4.97. The van der Waals surface area contributed by atoms with Gasteiger partial charge in [0, 0.05) is 25.5 Å². The summed E-state index contributed by atoms with van der Waals surface area (Å²) in [5, 5.41) is 12.2. The lowest BCUT2D eigenvalue weighted by atomic mass is 9.96. The number of aliphatic hydroxyl groups is 1. The zero-order valence-electron chi connectivity index (χ0n) is 14.0. The summed E-state index contributed by atoms with van der Waals surface area (Å²) in [6, 6.07) is 6.40. The molecule has 3 heterocycles. The van der Waals surface area contributed by atoms with E-state index in [1.165, 1.54) is 11.3 Å². The van der Waals surface area contributed by atoms with Crippen LogP contribution < -0.4 is 0 Å². The molecule has 0 fully saturated rings. The topological polar surface area (TPSA) is 73.7 Å². The lowest BCUT2D eigenvalue weighted by Crippen LogP contribution is -2.36. The van der Waals surface area contributed by atoms with E-state index in [9.17, 15) is 14.7 Å². The quantitative estimate of drug-likeness (QED) is 0.803. The Kier molecular flexibility index (Phi) is 4.96. The van der Waals surface area contributed by atoms with E-state index in [0.29, 0.717) is 18.0 Å². The lowest BCUT2D eigenvalue weighted by molar-refractivity contribution is -0.129. The third-order valence-electron chi connectivity index (χ3n) is 4.10. The average molecular weight is 357 g/mol. The van der Waals surface area contributed by atoms with Gasteiger partial charge in [-0.05, 0) is 43.2 Å². The number of likely N-dealkylation sites (N-methyl/N-ethyl adjacent to an activating group) is 1. The Balaban J connectivity index is 2.04. The van der Waals surface area contributed by atoms with Gasteiger partial charge in [0.25, 0.3) is 5.91 Å². The Morgan fingerprint density at radius 2 is 2.04 bits per heavy atom. The SMILES string of the molecule is CN(C)CCN1C(=O)C(O)=C(C(=O)c2cccs2)C1c1ccncc1. The summed E-state index contributed by atoms with van der Waals surface area (Å²) in [5.41, 5.74) is 0.892. The maximum atomic E-state index is 12.9. The number of thiophene rings is 1. The van der Waals surface area contributed by atoms with Crippen molar-refractivity contribution in [3.8, 4) is 0 Å². The Morgan fingerprint density at radius 1 is 1.32 bits per heavy atom. The van der Waals surface area contributed by atoms with Crippen molar-refractivity contribution in [3.05, 3.63) is 63.8 Å². The summed E-state index contributed by atoms with van der Waals surface area (Å²) in [6.45, 7) is 1.03. The molecule has 25 heavy (non-hydrogen) atoms. The molecule has 6 nitrogen and oxygen atoms in total. The average Bonchev–Trinajstić information content (AvgIpc) is 3.22. The van der Waals surface area contributed by atoms with Crippen molar-refractivity contribution in [2.24, 2.45) is 0 Å². The molecule has 0 aliphatic carbocycles. The van der Waals surface area contributed by atoms with E-state index in [1.807, 2.05) is 19.0 Å². The lowest BCUT2D eigenvalue weighted by Gasteiger charge is -2.27. The van der Waals surface area contributed by atoms with Gasteiger partial charge in [-0.15, -0.1) is 11.3 Å². The van der Waals surface area contributed by atoms with E-state index in [2.05, 4.69) is 4.98 Å². The van der Waals surface area contributed by atoms with Gasteiger partial charge in [-0.3, -0.25) is 14.6 Å². The monoisotopic (exact) mass is 357 g/mol. The first-order valence-corrected chi connectivity index (χ1v) is 8.75. The molecule has 130 valence electrons. The summed E-state index contributed by atoms with van der Waals surface area (Å²) in [5.74, 6) is -1.28. The van der Waals surface area contributed by atoms with Crippen molar-refractivity contribution in [1.82, 2.24) is 14.8 Å². The smallest absolute Gasteiger partial charge is 0.290 e. The molecule has 1 amide bonds. The number of hydrogen-bond donors (Lipinski definition) is 1. The van der Waals surface area contributed by atoms with Gasteiger partial charge in [0.15, 0.2) is 5.76 Å². The first-order chi connectivity index (χ1) is 12.0. The number of carbonyl (C=O) groups is 2. The van der Waals surface area contributed by atoms with Crippen LogP contribution in [0.2, 0.25) is 0 Å². The fourth-order valence-electron chi connectivity index (χ4n) is 2.86. The van der Waals surface area contributed by atoms with E-state index in [-0.39, 0.29) is 11.4 Å². The fraction of sp³-hybridized carbons (Fsp3) is 0.278. The van der Waals surface area contributed by atoms with Crippen LogP contribution in [0.1, 0.15) is 21.3 Å². The highest BCUT2D eigenvalue weighted by Gasteiger charge is 2.43. The van der Waals surface area contributed by atoms with Gasteiger partial charge in [-0.1, -0.05) is 6.07 Å². The van der Waals surface area contributed by atoms with Gasteiger partial charge in [-0.2, -0.15) is 0 Å². The summed E-state index contributed by atoms with van der Waals surface area (Å²) in [6.07, 6.45) is 3.24. The van der Waals surface area contributed by atoms with Gasteiger partial charge in [0.05, 0.1) is 16.5 Å². The molecule has 0 aromatic carbocycles. The molecule has 1 unspecified atom stereocenters. The van der Waals surface area contributed by atoms with Crippen LogP contribution in [0.25, 0.3) is 0 Å². The van der Waals surface area contributed by atoms with Crippen LogP contribution in [0.4, 0.5) is 0 Å². The van der Waals surface area contributed by atoms with Crippen LogP contribution in [0.3, 0.4) is 0 Å². The maximum absolute atomic E-state index is 12.9. The largest absolute Gasteiger partial charge is 0.503 e. The van der Waals surface area contributed by atoms with E-state index in [4.69, 9.17) is 0 Å². The Morgan fingerprint density at radius 3 is 2.64 bits per heavy atom. The molecule has 3 rings (SSSR count). The number of aromatic nitrogens is 1. The normalized spacial score (nSPS) is 17.6. The summed E-state index contributed by atoms with van der Waals surface area (Å²) in [4.78, 5) is 33.5. The molecular weight excluding hydrogens is 338 g/mol. The molecule has 0 spiro atoms. The second-order valence-electron chi connectivity index (χ2n) is 6.05. The predicted molar refractivity (Wildman–Crippen MR) is 95.5 cm³/mol. The van der Waals surface area contributed by atoms with E-state index < -0.39 is 17.7 Å². The molecule has 7 heteroatoms. The molecule has 0 bridgehead atoms. The Labute approximate surface area is 150 Å². The third kappa shape index (κ3) is 3.33. The second-order valence-corrected chi connectivity index (χ2v) is 7.00. The van der Waals surface area contributed by atoms with Gasteiger partial charge in [0.2, 0.25) is 5.78 Å². The highest BCUT2D eigenvalue weighted by molar-refractivity contribution is 7.12. The molecule has 1 atom stereocenters. The molecule has 2 aromatic heterocycles. The number of pyridine rings is 1. The molecule has 0 radical (unpaired) electrons. The number of aliphatic hydroxyl groups excluding tert-OH is 1. The van der Waals surface area contributed by atoms with E-state index >= 15 is 0 Å². The number of Topliss-reactive ketones (excluding diaryl/α,β-unsaturated/α-hetero) is 1. The van der Waals surface area contributed by atoms with Gasteiger partial charge < -0.3 is 14.9 Å². The number of rotatable bonds is 6. The Bertz CT molecular complexity index is 800. The van der Waals surface area contributed by atoms with E-state index in [0.717, 1.165) is 5.56 Å². The number of amides is 1. The summed E-state index contributed by atoms with van der Waals surface area (Å²) in [7, 11) is 3.82. The van der Waals surface area contributed by atoms with Crippen LogP contribution in [0, 0.1) is 0 Å². The maximum Gasteiger partial charge on any atom is 0.290 e. The van der Waals surface area contributed by atoms with Crippen molar-refractivity contribution < 1.29 is 14.7 Å². The summed E-state index contributed by atoms with van der Waals surface area (Å²) >= 11 is 1.29. The zero-order chi connectivity index (χ0) is 18.0. The molecule has 0 saturated carbocycles. The van der Waals surface area contributed by atoms with Crippen molar-refractivity contribution in [2.75, 3.05) is 27.2 Å². The predicted octanol–water partition coefficient (Wildman–Crippen LogP) is 2.28. The second kappa shape index (κ2) is 7.16. The number of carbonyl (C=O) groups excluding carboxylic acids is 2. The highest BCUT2D eigenvalue weighted by atomic mass is 32.1. The molecular formula is C18H19N3O3S. The zero-order valence-corrected chi connectivity index (χ0v) is 14.9. The van der Waals surface area contributed by atoms with Crippen molar-refractivity contribution in [3.63, 3.8) is 0 Å². The van der Waals surface area contributed by atoms with Crippen LogP contribution in [-0.4, -0.2) is 58.8 Å². The van der Waals surface area contributed by atoms with Gasteiger partial charge in [-0.25, -0.2) is 0 Å². The summed E-state index contributed by atoms with van der Waals surface area (Å²) < 4.78 is 0. The van der Waals surface area contributed by atoms with Crippen LogP contribution in [0.15, 0.2) is 53.4 Å². The van der Waals surface area contributed by atoms with Gasteiger partial charge >= 0.3 is 0 Å². The van der Waals surface area contributed by atoms with Crippen molar-refractivity contribution in [1.29, 1.82) is 0 Å². The minimum atomic E-state index is -0.606. The van der Waals surface area contributed by atoms with Crippen LogP contribution in [0.5, 0.6) is 0 Å². The molecule has 2 aromatic rings. The van der Waals surface area contributed by atoms with Gasteiger partial charge in [0.1, 0.15) is 0 Å². The highest BCUT2D eigenvalue weighted by Crippen LogP contribution is 2.39. The van der Waals surface area contributed by atoms with Crippen LogP contribution in [-0.2, 0) is 4.79 Å². The van der Waals surface area contributed by atoms with Crippen LogP contribution >= 0.6 is 11.3 Å². The number of hydrogen-bond acceptors (Lipinski definition) is 6. The Hall–Kier alpha value is -2.51. The standard InChI is InChI=1S/C18H19N3O3S/c1-20(2)9-10-21-15(12-5-7-19-8-6-12)14(17(23)18(21)24)16(22)13-4-3-11-25-13/h3-8,11,15,23H,9-10H2,1-2H3. The van der Waals surface area contributed by atoms with Crippen molar-refractivity contribution in [2.45, 2.75) is 6.04 Å². The molecule has 1 aliphatic heterocycles. The number of ketones is 1. The molecule has 1 N–H and O–H groups in total. The van der Waals surface area contributed by atoms with E-state index in [1.54, 1.807) is 46.9 Å². The minimum Gasteiger partial charge on any atom is -0.503 e. The molecule has 0 saturated heterocycles. The minimum absolute atomic E-state index is 0.136. The van der Waals surface area contributed by atoms with Crippen molar-refractivity contribution >= 4 is 23.0 Å². The first-order valence-electron chi connectivity index (χ1n) is 7.87.